The summed E-state index contributed by atoms with van der Waals surface area (Å²) in [4.78, 5) is 27.7. The smallest absolute Gasteiger partial charge is 0.326 e. The molecule has 2 rings (SSSR count). The third-order valence-corrected chi connectivity index (χ3v) is 2.50. The second kappa shape index (κ2) is 3.80. The number of aromatic amines is 1. The molecule has 1 saturated heterocycles. The van der Waals surface area contributed by atoms with E-state index in [-0.39, 0.29) is 11.8 Å². The Balaban J connectivity index is 2.18. The SMILES string of the molecule is Nc1n[nH]c(C(=O)N2CCC[C@@H]2C(=O)O)n1. The van der Waals surface area contributed by atoms with Gasteiger partial charge in [-0.3, -0.25) is 9.89 Å². The molecule has 86 valence electrons. The molecule has 8 heteroatoms. The maximum atomic E-state index is 11.8. The summed E-state index contributed by atoms with van der Waals surface area (Å²) < 4.78 is 0. The van der Waals surface area contributed by atoms with E-state index in [4.69, 9.17) is 10.8 Å². The predicted octanol–water partition coefficient (Wildman–Crippen LogP) is -0.924. The Hall–Kier alpha value is -2.12. The molecule has 0 aliphatic carbocycles. The van der Waals surface area contributed by atoms with Crippen molar-refractivity contribution in [3.05, 3.63) is 5.82 Å². The zero-order valence-corrected chi connectivity index (χ0v) is 8.38. The van der Waals surface area contributed by atoms with E-state index in [2.05, 4.69) is 15.2 Å². The number of nitrogens with one attached hydrogen (secondary N) is 1. The van der Waals surface area contributed by atoms with Crippen molar-refractivity contribution in [2.45, 2.75) is 18.9 Å². The first-order valence-corrected chi connectivity index (χ1v) is 4.81. The van der Waals surface area contributed by atoms with Crippen LogP contribution in [0.3, 0.4) is 0 Å². The average molecular weight is 225 g/mol. The molecule has 1 aromatic heterocycles. The number of anilines is 1. The summed E-state index contributed by atoms with van der Waals surface area (Å²) in [5.41, 5.74) is 5.27. The average Bonchev–Trinajstić information content (AvgIpc) is 2.84. The van der Waals surface area contributed by atoms with Crippen LogP contribution in [0.25, 0.3) is 0 Å². The number of rotatable bonds is 2. The van der Waals surface area contributed by atoms with E-state index in [0.717, 1.165) is 0 Å². The molecule has 1 amide bonds. The molecule has 0 saturated carbocycles. The van der Waals surface area contributed by atoms with E-state index in [0.29, 0.717) is 19.4 Å². The second-order valence-electron chi connectivity index (χ2n) is 3.54. The third kappa shape index (κ3) is 1.69. The summed E-state index contributed by atoms with van der Waals surface area (Å²) in [6.45, 7) is 0.413. The molecule has 1 aromatic rings. The van der Waals surface area contributed by atoms with Crippen LogP contribution >= 0.6 is 0 Å². The zero-order valence-electron chi connectivity index (χ0n) is 8.38. The highest BCUT2D eigenvalue weighted by molar-refractivity contribution is 5.94. The number of hydrogen-bond donors (Lipinski definition) is 3. The summed E-state index contributed by atoms with van der Waals surface area (Å²) in [6, 6.07) is -0.779. The minimum Gasteiger partial charge on any atom is -0.480 e. The largest absolute Gasteiger partial charge is 0.480 e. The van der Waals surface area contributed by atoms with Gasteiger partial charge in [-0.25, -0.2) is 4.79 Å². The maximum absolute atomic E-state index is 11.8. The lowest BCUT2D eigenvalue weighted by molar-refractivity contribution is -0.141. The van der Waals surface area contributed by atoms with Crippen molar-refractivity contribution in [2.24, 2.45) is 0 Å². The van der Waals surface area contributed by atoms with Gasteiger partial charge >= 0.3 is 5.97 Å². The fourth-order valence-electron chi connectivity index (χ4n) is 1.77. The normalized spacial score (nSPS) is 20.0. The summed E-state index contributed by atoms with van der Waals surface area (Å²) >= 11 is 0. The Bertz CT molecular complexity index is 429. The number of nitrogen functional groups attached to an aromatic ring is 1. The zero-order chi connectivity index (χ0) is 11.7. The van der Waals surface area contributed by atoms with Gasteiger partial charge in [-0.1, -0.05) is 0 Å². The topological polar surface area (TPSA) is 125 Å². The molecule has 0 radical (unpaired) electrons. The monoisotopic (exact) mass is 225 g/mol. The van der Waals surface area contributed by atoms with Gasteiger partial charge in [0.25, 0.3) is 5.91 Å². The number of hydrogen-bond acceptors (Lipinski definition) is 5. The van der Waals surface area contributed by atoms with Crippen LogP contribution < -0.4 is 5.73 Å². The van der Waals surface area contributed by atoms with Crippen LogP contribution in [-0.4, -0.2) is 49.7 Å². The van der Waals surface area contributed by atoms with Crippen molar-refractivity contribution < 1.29 is 14.7 Å². The number of carboxylic acids is 1. The maximum Gasteiger partial charge on any atom is 0.326 e. The lowest BCUT2D eigenvalue weighted by atomic mass is 10.2. The number of amides is 1. The number of nitrogens with two attached hydrogens (primary N) is 1. The van der Waals surface area contributed by atoms with Crippen molar-refractivity contribution in [1.29, 1.82) is 0 Å². The van der Waals surface area contributed by atoms with Crippen molar-refractivity contribution >= 4 is 17.8 Å². The van der Waals surface area contributed by atoms with Gasteiger partial charge in [0.2, 0.25) is 11.8 Å². The molecule has 1 aliphatic rings. The van der Waals surface area contributed by atoms with Gasteiger partial charge in [0, 0.05) is 6.54 Å². The molecule has 1 aliphatic heterocycles. The van der Waals surface area contributed by atoms with Gasteiger partial charge in [-0.05, 0) is 12.8 Å². The van der Waals surface area contributed by atoms with Crippen LogP contribution in [0.15, 0.2) is 0 Å². The van der Waals surface area contributed by atoms with E-state index >= 15 is 0 Å². The molecular formula is C8H11N5O3. The van der Waals surface area contributed by atoms with Crippen molar-refractivity contribution in [3.8, 4) is 0 Å². The van der Waals surface area contributed by atoms with Gasteiger partial charge in [0.15, 0.2) is 0 Å². The van der Waals surface area contributed by atoms with E-state index < -0.39 is 17.9 Å². The minimum absolute atomic E-state index is 0.0225. The Morgan fingerprint density at radius 1 is 1.56 bits per heavy atom. The van der Waals surface area contributed by atoms with Gasteiger partial charge in [0.1, 0.15) is 6.04 Å². The fraction of sp³-hybridized carbons (Fsp3) is 0.500. The standard InChI is InChI=1S/C8H11N5O3/c9-8-10-5(11-12-8)6(14)13-3-1-2-4(13)7(15)16/h4H,1-3H2,(H,15,16)(H3,9,10,11,12)/t4-/m1/s1. The number of likely N-dealkylation sites (tertiary alicyclic amines) is 1. The van der Waals surface area contributed by atoms with Crippen LogP contribution in [0.2, 0.25) is 0 Å². The number of nitrogens with zero attached hydrogens (tertiary/aromatic N) is 3. The first-order valence-electron chi connectivity index (χ1n) is 4.81. The molecule has 8 nitrogen and oxygen atoms in total. The molecule has 0 bridgehead atoms. The quantitative estimate of drug-likeness (QED) is 0.597. The first-order chi connectivity index (χ1) is 7.59. The van der Waals surface area contributed by atoms with Gasteiger partial charge in [0.05, 0.1) is 0 Å². The van der Waals surface area contributed by atoms with E-state index in [1.807, 2.05) is 0 Å². The Morgan fingerprint density at radius 3 is 2.88 bits per heavy atom. The lowest BCUT2D eigenvalue weighted by Crippen LogP contribution is -2.40. The predicted molar refractivity (Wildman–Crippen MR) is 52.5 cm³/mol. The molecule has 16 heavy (non-hydrogen) atoms. The number of carbonyl (C=O) groups is 2. The Kier molecular flexibility index (Phi) is 2.47. The molecule has 0 aromatic carbocycles. The number of aromatic nitrogens is 3. The highest BCUT2D eigenvalue weighted by Crippen LogP contribution is 2.19. The van der Waals surface area contributed by atoms with Crippen molar-refractivity contribution in [1.82, 2.24) is 20.1 Å². The van der Waals surface area contributed by atoms with Gasteiger partial charge in [-0.15, -0.1) is 5.10 Å². The second-order valence-corrected chi connectivity index (χ2v) is 3.54. The fourth-order valence-corrected chi connectivity index (χ4v) is 1.77. The number of aliphatic carboxylic acids is 1. The van der Waals surface area contributed by atoms with Crippen LogP contribution in [0, 0.1) is 0 Å². The molecule has 0 spiro atoms. The summed E-state index contributed by atoms with van der Waals surface area (Å²) in [5.74, 6) is -1.53. The number of H-pyrrole nitrogens is 1. The molecule has 0 unspecified atom stereocenters. The molecular weight excluding hydrogens is 214 g/mol. The van der Waals surface area contributed by atoms with Crippen molar-refractivity contribution in [3.63, 3.8) is 0 Å². The molecule has 1 fully saturated rings. The molecule has 4 N–H and O–H groups in total. The lowest BCUT2D eigenvalue weighted by Gasteiger charge is -2.19. The van der Waals surface area contributed by atoms with Crippen LogP contribution in [0.5, 0.6) is 0 Å². The Labute approximate surface area is 90.4 Å². The highest BCUT2D eigenvalue weighted by Gasteiger charge is 2.35. The first kappa shape index (κ1) is 10.4. The highest BCUT2D eigenvalue weighted by atomic mass is 16.4. The van der Waals surface area contributed by atoms with E-state index in [1.165, 1.54) is 4.90 Å². The van der Waals surface area contributed by atoms with Crippen LogP contribution in [0.4, 0.5) is 5.95 Å². The van der Waals surface area contributed by atoms with Gasteiger partial charge in [-0.2, -0.15) is 4.98 Å². The van der Waals surface area contributed by atoms with Crippen LogP contribution in [0.1, 0.15) is 23.5 Å². The van der Waals surface area contributed by atoms with E-state index in [1.54, 1.807) is 0 Å². The van der Waals surface area contributed by atoms with Crippen molar-refractivity contribution in [2.75, 3.05) is 12.3 Å². The summed E-state index contributed by atoms with van der Waals surface area (Å²) in [6.07, 6.45) is 1.14. The third-order valence-electron chi connectivity index (χ3n) is 2.50. The number of carbonyl (C=O) groups excluding carboxylic acids is 1. The summed E-state index contributed by atoms with van der Waals surface area (Å²) in [5, 5.41) is 14.8. The minimum atomic E-state index is -1.00. The van der Waals surface area contributed by atoms with Gasteiger partial charge < -0.3 is 15.7 Å². The van der Waals surface area contributed by atoms with E-state index in [9.17, 15) is 9.59 Å². The summed E-state index contributed by atoms with van der Waals surface area (Å²) in [7, 11) is 0. The van der Waals surface area contributed by atoms with Crippen LogP contribution in [-0.2, 0) is 4.79 Å². The number of carboxylic acid groups (broad SMARTS) is 1. The molecule has 2 heterocycles. The molecule has 1 atom stereocenters. The Morgan fingerprint density at radius 2 is 2.31 bits per heavy atom.